The number of ketones is 1. The van der Waals surface area contributed by atoms with Crippen LogP contribution in [-0.2, 0) is 29.9 Å². The molecule has 0 unspecified atom stereocenters. The van der Waals surface area contributed by atoms with Crippen molar-refractivity contribution in [1.82, 2.24) is 0 Å². The minimum atomic E-state index is -0.659. The predicted molar refractivity (Wildman–Crippen MR) is 182 cm³/mol. The Balaban J connectivity index is 2.49. The molecule has 0 aromatic heterocycles. The second kappa shape index (κ2) is 15.2. The van der Waals surface area contributed by atoms with E-state index in [1.54, 1.807) is 79.0 Å². The lowest BCUT2D eigenvalue weighted by Gasteiger charge is -2.34. The quantitative estimate of drug-likeness (QED) is 0.0876. The van der Waals surface area contributed by atoms with Crippen molar-refractivity contribution in [2.24, 2.45) is 10.8 Å². The maximum absolute atomic E-state index is 13.3. The van der Waals surface area contributed by atoms with E-state index >= 15 is 0 Å². The Bertz CT molecular complexity index is 1400. The van der Waals surface area contributed by atoms with Crippen molar-refractivity contribution in [3.05, 3.63) is 58.7 Å². The van der Waals surface area contributed by atoms with Crippen molar-refractivity contribution in [3.63, 3.8) is 0 Å². The number of carbonyl (C=O) groups is 3. The summed E-state index contributed by atoms with van der Waals surface area (Å²) >= 11 is 0. The highest BCUT2D eigenvalue weighted by Crippen LogP contribution is 2.49. The average Bonchev–Trinajstić information content (AvgIpc) is 2.98. The molecule has 254 valence electrons. The number of esters is 2. The van der Waals surface area contributed by atoms with Gasteiger partial charge < -0.3 is 23.7 Å². The topological polar surface area (TPSA) is 97.4 Å². The molecule has 0 aliphatic rings. The van der Waals surface area contributed by atoms with Crippen LogP contribution in [0, 0.1) is 10.8 Å². The first kappa shape index (κ1) is 38.4. The van der Waals surface area contributed by atoms with E-state index in [1.165, 1.54) is 6.08 Å². The Hall–Kier alpha value is -3.81. The van der Waals surface area contributed by atoms with Gasteiger partial charge in [-0.3, -0.25) is 14.4 Å². The van der Waals surface area contributed by atoms with E-state index in [2.05, 4.69) is 41.5 Å². The van der Waals surface area contributed by atoms with E-state index in [0.29, 0.717) is 22.8 Å². The third-order valence-corrected chi connectivity index (χ3v) is 8.23. The molecule has 0 atom stereocenters. The van der Waals surface area contributed by atoms with Gasteiger partial charge in [-0.2, -0.15) is 0 Å². The van der Waals surface area contributed by atoms with E-state index in [4.69, 9.17) is 23.7 Å². The number of rotatable bonds is 14. The van der Waals surface area contributed by atoms with Gasteiger partial charge in [-0.15, -0.1) is 0 Å². The molecule has 0 fully saturated rings. The molecule has 0 radical (unpaired) electrons. The molecule has 46 heavy (non-hydrogen) atoms. The molecule has 0 saturated heterocycles. The molecule has 2 aromatic carbocycles. The van der Waals surface area contributed by atoms with Crippen molar-refractivity contribution in [3.8, 4) is 17.2 Å². The summed E-state index contributed by atoms with van der Waals surface area (Å²) in [6.45, 7) is 23.0. The van der Waals surface area contributed by atoms with E-state index in [0.717, 1.165) is 29.5 Å². The maximum Gasteiger partial charge on any atom is 0.314 e. The van der Waals surface area contributed by atoms with Gasteiger partial charge in [0.25, 0.3) is 0 Å². The van der Waals surface area contributed by atoms with Crippen molar-refractivity contribution in [2.45, 2.75) is 107 Å². The molecule has 0 aliphatic carbocycles. The van der Waals surface area contributed by atoms with Gasteiger partial charge in [0.1, 0.15) is 17.2 Å². The highest BCUT2D eigenvalue weighted by Gasteiger charge is 2.35. The predicted octanol–water partition coefficient (Wildman–Crippen LogP) is 8.82. The fourth-order valence-electron chi connectivity index (χ4n) is 4.35. The summed E-state index contributed by atoms with van der Waals surface area (Å²) in [4.78, 5) is 37.7. The van der Waals surface area contributed by atoms with Crippen LogP contribution in [0.25, 0.3) is 6.08 Å². The standard InChI is InChI=1S/C38H54O8/c1-14-37(9,10)28-22-26(18-21-29(39)25-16-19-27(20-17-25)43-23-45-33(40)35(3,4)5)31(42-13)30(38(11,12)15-2)32(28)44-24-46-34(41)36(6,7)8/h16-22H,14-15,23-24H2,1-13H3/b21-18+. The Morgan fingerprint density at radius 2 is 1.20 bits per heavy atom. The van der Waals surface area contributed by atoms with Gasteiger partial charge in [0.05, 0.1) is 17.9 Å². The van der Waals surface area contributed by atoms with Crippen LogP contribution >= 0.6 is 0 Å². The second-order valence-electron chi connectivity index (χ2n) is 14.8. The minimum Gasteiger partial charge on any atom is -0.496 e. The normalized spacial score (nSPS) is 12.5. The lowest BCUT2D eigenvalue weighted by molar-refractivity contribution is -0.160. The third kappa shape index (κ3) is 9.84. The smallest absolute Gasteiger partial charge is 0.314 e. The van der Waals surface area contributed by atoms with Gasteiger partial charge in [0, 0.05) is 22.3 Å². The summed E-state index contributed by atoms with van der Waals surface area (Å²) in [6.07, 6.45) is 4.89. The number of benzene rings is 2. The van der Waals surface area contributed by atoms with E-state index in [1.807, 2.05) is 6.07 Å². The van der Waals surface area contributed by atoms with Crippen molar-refractivity contribution in [2.75, 3.05) is 20.7 Å². The first-order chi connectivity index (χ1) is 21.2. The molecule has 0 aliphatic heterocycles. The number of hydrogen-bond donors (Lipinski definition) is 0. The highest BCUT2D eigenvalue weighted by molar-refractivity contribution is 6.07. The largest absolute Gasteiger partial charge is 0.496 e. The lowest BCUT2D eigenvalue weighted by atomic mass is 9.74. The average molecular weight is 639 g/mol. The van der Waals surface area contributed by atoms with Crippen LogP contribution in [0.3, 0.4) is 0 Å². The zero-order valence-corrected chi connectivity index (χ0v) is 30.1. The van der Waals surface area contributed by atoms with E-state index in [-0.39, 0.29) is 42.1 Å². The maximum atomic E-state index is 13.3. The van der Waals surface area contributed by atoms with Crippen LogP contribution in [0.5, 0.6) is 17.2 Å². The number of hydrogen-bond acceptors (Lipinski definition) is 8. The summed E-state index contributed by atoms with van der Waals surface area (Å²) in [5, 5.41) is 0. The fraction of sp³-hybridized carbons (Fsp3) is 0.553. The molecule has 0 bridgehead atoms. The van der Waals surface area contributed by atoms with Gasteiger partial charge >= 0.3 is 11.9 Å². The first-order valence-electron chi connectivity index (χ1n) is 15.9. The Labute approximate surface area is 275 Å². The van der Waals surface area contributed by atoms with Crippen LogP contribution < -0.4 is 14.2 Å². The fourth-order valence-corrected chi connectivity index (χ4v) is 4.35. The molecule has 8 heteroatoms. The molecule has 0 N–H and O–H groups in total. The number of ether oxygens (including phenoxy) is 5. The molecule has 0 saturated carbocycles. The zero-order valence-electron chi connectivity index (χ0n) is 30.1. The third-order valence-electron chi connectivity index (χ3n) is 8.23. The Kier molecular flexibility index (Phi) is 12.7. The minimum absolute atomic E-state index is 0.199. The Morgan fingerprint density at radius 3 is 1.65 bits per heavy atom. The lowest BCUT2D eigenvalue weighted by Crippen LogP contribution is -2.27. The van der Waals surface area contributed by atoms with E-state index in [9.17, 15) is 14.4 Å². The molecule has 0 spiro atoms. The van der Waals surface area contributed by atoms with Crippen LogP contribution in [0.15, 0.2) is 36.4 Å². The monoisotopic (exact) mass is 638 g/mol. The number of methoxy groups -OCH3 is 1. The van der Waals surface area contributed by atoms with Gasteiger partial charge in [0.15, 0.2) is 5.78 Å². The summed E-state index contributed by atoms with van der Waals surface area (Å²) < 4.78 is 28.5. The molecule has 8 nitrogen and oxygen atoms in total. The first-order valence-corrected chi connectivity index (χ1v) is 15.9. The van der Waals surface area contributed by atoms with Crippen LogP contribution in [0.2, 0.25) is 0 Å². The molecule has 2 aromatic rings. The molecule has 0 heterocycles. The van der Waals surface area contributed by atoms with Gasteiger partial charge in [-0.1, -0.05) is 41.5 Å². The van der Waals surface area contributed by atoms with E-state index < -0.39 is 10.8 Å². The molecular weight excluding hydrogens is 584 g/mol. The number of carbonyl (C=O) groups excluding carboxylic acids is 3. The highest BCUT2D eigenvalue weighted by atomic mass is 16.7. The summed E-state index contributed by atoms with van der Waals surface area (Å²) in [5.41, 5.74) is 1.03. The SMILES string of the molecule is CCC(C)(C)c1cc(/C=C/C(=O)c2ccc(OCOC(=O)C(C)(C)C)cc2)c(OC)c(C(C)(C)CC)c1OCOC(=O)C(C)(C)C. The second-order valence-corrected chi connectivity index (χ2v) is 14.8. The van der Waals surface area contributed by atoms with Crippen LogP contribution in [0.4, 0.5) is 0 Å². The van der Waals surface area contributed by atoms with Crippen molar-refractivity contribution < 1.29 is 38.1 Å². The van der Waals surface area contributed by atoms with Crippen molar-refractivity contribution >= 4 is 23.8 Å². The Morgan fingerprint density at radius 1 is 0.696 bits per heavy atom. The van der Waals surface area contributed by atoms with Crippen LogP contribution in [0.1, 0.15) is 123 Å². The van der Waals surface area contributed by atoms with Gasteiger partial charge in [-0.05, 0) is 108 Å². The molecular formula is C38H54O8. The van der Waals surface area contributed by atoms with Gasteiger partial charge in [0.2, 0.25) is 13.6 Å². The summed E-state index contributed by atoms with van der Waals surface area (Å²) in [7, 11) is 1.61. The van der Waals surface area contributed by atoms with Crippen molar-refractivity contribution in [1.29, 1.82) is 0 Å². The van der Waals surface area contributed by atoms with Gasteiger partial charge in [-0.25, -0.2) is 0 Å². The number of allylic oxidation sites excluding steroid dienone is 1. The zero-order chi connectivity index (χ0) is 35.1. The summed E-state index contributed by atoms with van der Waals surface area (Å²) in [5.74, 6) is 0.787. The van der Waals surface area contributed by atoms with Crippen LogP contribution in [-0.4, -0.2) is 38.4 Å². The molecule has 0 amide bonds. The molecule has 2 rings (SSSR count). The summed E-state index contributed by atoms with van der Waals surface area (Å²) in [6, 6.07) is 8.65.